The number of benzene rings is 3. The van der Waals surface area contributed by atoms with Crippen LogP contribution in [0.3, 0.4) is 0 Å². The summed E-state index contributed by atoms with van der Waals surface area (Å²) < 4.78 is 46.3. The average Bonchev–Trinajstić information content (AvgIpc) is 2.85. The molecular formula is C25H24Cl3F2N3OS2. The molecule has 2 N–H and O–H groups in total. The van der Waals surface area contributed by atoms with E-state index in [1.165, 1.54) is 17.5 Å². The molecule has 0 saturated heterocycles. The molecule has 0 amide bonds. The Kier molecular flexibility index (Phi) is 9.91. The summed E-state index contributed by atoms with van der Waals surface area (Å²) in [6.07, 6.45) is 2.99. The van der Waals surface area contributed by atoms with Gasteiger partial charge in [0.05, 0.1) is 14.9 Å². The highest BCUT2D eigenvalue weighted by Gasteiger charge is 2.18. The van der Waals surface area contributed by atoms with E-state index in [9.17, 15) is 13.0 Å². The Hall–Kier alpha value is -1.39. The van der Waals surface area contributed by atoms with E-state index in [0.717, 1.165) is 62.0 Å². The van der Waals surface area contributed by atoms with Gasteiger partial charge in [-0.3, -0.25) is 9.62 Å². The van der Waals surface area contributed by atoms with Crippen LogP contribution in [0.15, 0.2) is 58.3 Å². The fourth-order valence-electron chi connectivity index (χ4n) is 3.90. The van der Waals surface area contributed by atoms with Crippen LogP contribution < -0.4 is 9.44 Å². The third kappa shape index (κ3) is 7.34. The summed E-state index contributed by atoms with van der Waals surface area (Å²) in [5, 5.41) is 1.06. The van der Waals surface area contributed by atoms with E-state index in [1.54, 1.807) is 12.1 Å². The lowest BCUT2D eigenvalue weighted by Gasteiger charge is -2.29. The molecule has 4 rings (SSSR count). The maximum Gasteiger partial charge on any atom is 0.153 e. The fraction of sp³-hybridized carbons (Fsp3) is 0.280. The van der Waals surface area contributed by atoms with Crippen LogP contribution in [0, 0.1) is 11.6 Å². The molecule has 3 aromatic rings. The summed E-state index contributed by atoms with van der Waals surface area (Å²) in [4.78, 5) is 3.11. The maximum atomic E-state index is 14.1. The molecule has 192 valence electrons. The van der Waals surface area contributed by atoms with Crippen LogP contribution in [0.5, 0.6) is 0 Å². The summed E-state index contributed by atoms with van der Waals surface area (Å²) >= 11 is 19.4. The van der Waals surface area contributed by atoms with Gasteiger partial charge in [0.2, 0.25) is 0 Å². The molecule has 0 aliphatic carbocycles. The molecule has 0 saturated carbocycles. The van der Waals surface area contributed by atoms with Crippen molar-refractivity contribution in [3.05, 3.63) is 86.4 Å². The van der Waals surface area contributed by atoms with Gasteiger partial charge in [0.25, 0.3) is 0 Å². The second kappa shape index (κ2) is 12.9. The van der Waals surface area contributed by atoms with Gasteiger partial charge in [-0.2, -0.15) is 0 Å². The van der Waals surface area contributed by atoms with Crippen LogP contribution >= 0.6 is 46.8 Å². The van der Waals surface area contributed by atoms with Crippen molar-refractivity contribution in [2.75, 3.05) is 24.4 Å². The maximum absolute atomic E-state index is 14.1. The summed E-state index contributed by atoms with van der Waals surface area (Å²) in [6, 6.07) is 12.9. The molecule has 1 aliphatic heterocycles. The molecule has 0 aromatic heterocycles. The van der Waals surface area contributed by atoms with Gasteiger partial charge >= 0.3 is 0 Å². The second-order valence-electron chi connectivity index (χ2n) is 8.36. The molecule has 11 heteroatoms. The Morgan fingerprint density at radius 2 is 1.78 bits per heavy atom. The Balaban J connectivity index is 1.25. The Morgan fingerprint density at radius 3 is 2.61 bits per heavy atom. The van der Waals surface area contributed by atoms with E-state index in [0.29, 0.717) is 21.8 Å². The van der Waals surface area contributed by atoms with Crippen LogP contribution in [-0.4, -0.2) is 28.7 Å². The lowest BCUT2D eigenvalue weighted by atomic mass is 9.99. The number of halogens is 5. The van der Waals surface area contributed by atoms with E-state index in [4.69, 9.17) is 34.8 Å². The van der Waals surface area contributed by atoms with Gasteiger partial charge in [0.1, 0.15) is 11.6 Å². The van der Waals surface area contributed by atoms with Crippen LogP contribution in [0.4, 0.5) is 14.5 Å². The van der Waals surface area contributed by atoms with Crippen molar-refractivity contribution in [1.82, 2.24) is 9.62 Å². The highest BCUT2D eigenvalue weighted by Crippen LogP contribution is 2.28. The number of fused-ring (bicyclic) bond motifs is 1. The standard InChI is InChI=1S/C25H24Cl3F2N3OS2/c26-18-4-6-20(27)24(12-18)35-31-8-1-2-9-33-10-7-16-3-5-19(11-17(16)15-33)32-36(34)25-13-21(28)22(29)14-23(25)30/h3-6,11-14,31-32H,1-2,7-10,15H2. The topological polar surface area (TPSA) is 44.4 Å². The highest BCUT2D eigenvalue weighted by molar-refractivity contribution is 7.97. The molecule has 1 atom stereocenters. The summed E-state index contributed by atoms with van der Waals surface area (Å²) in [5.74, 6) is -1.79. The first-order chi connectivity index (χ1) is 17.3. The third-order valence-electron chi connectivity index (χ3n) is 5.76. The molecule has 0 radical (unpaired) electrons. The normalized spacial score (nSPS) is 14.5. The number of rotatable bonds is 10. The van der Waals surface area contributed by atoms with Crippen molar-refractivity contribution in [2.24, 2.45) is 0 Å². The van der Waals surface area contributed by atoms with E-state index in [1.807, 2.05) is 24.3 Å². The second-order valence-corrected chi connectivity index (χ2v) is 11.7. The molecule has 0 bridgehead atoms. The minimum atomic E-state index is -1.91. The summed E-state index contributed by atoms with van der Waals surface area (Å²) in [5.41, 5.74) is 3.00. The first kappa shape index (κ1) is 27.6. The number of nitrogens with zero attached hydrogens (tertiary/aromatic N) is 1. The molecule has 1 aliphatic rings. The van der Waals surface area contributed by atoms with Crippen LogP contribution in [0.1, 0.15) is 24.0 Å². The molecular weight excluding hydrogens is 567 g/mol. The SMILES string of the molecule is O=S(Nc1ccc2c(c1)CN(CCCCNSc1cc(Cl)ccc1Cl)CC2)c1cc(Cl)c(F)cc1F. The van der Waals surface area contributed by atoms with Crippen molar-refractivity contribution in [2.45, 2.75) is 35.6 Å². The van der Waals surface area contributed by atoms with E-state index in [-0.39, 0.29) is 9.92 Å². The van der Waals surface area contributed by atoms with Crippen molar-refractivity contribution < 1.29 is 13.0 Å². The fourth-order valence-corrected chi connectivity index (χ4v) is 6.26. The first-order valence-corrected chi connectivity index (χ1v) is 14.4. The third-order valence-corrected chi connectivity index (χ3v) is 8.77. The number of hydrogen-bond donors (Lipinski definition) is 2. The average molecular weight is 591 g/mol. The number of unbranched alkanes of at least 4 members (excludes halogenated alkanes) is 1. The van der Waals surface area contributed by atoms with Crippen molar-refractivity contribution in [3.63, 3.8) is 0 Å². The first-order valence-electron chi connectivity index (χ1n) is 11.3. The molecule has 0 fully saturated rings. The predicted octanol–water partition coefficient (Wildman–Crippen LogP) is 7.49. The number of anilines is 1. The monoisotopic (exact) mass is 589 g/mol. The van der Waals surface area contributed by atoms with E-state index >= 15 is 0 Å². The van der Waals surface area contributed by atoms with Crippen molar-refractivity contribution in [3.8, 4) is 0 Å². The van der Waals surface area contributed by atoms with Crippen molar-refractivity contribution in [1.29, 1.82) is 0 Å². The Morgan fingerprint density at radius 1 is 0.944 bits per heavy atom. The van der Waals surface area contributed by atoms with Gasteiger partial charge in [-0.1, -0.05) is 40.9 Å². The van der Waals surface area contributed by atoms with E-state index < -0.39 is 22.6 Å². The minimum absolute atomic E-state index is 0.190. The molecule has 1 heterocycles. The zero-order valence-electron chi connectivity index (χ0n) is 19.1. The van der Waals surface area contributed by atoms with Gasteiger partial charge in [-0.15, -0.1) is 0 Å². The van der Waals surface area contributed by atoms with Gasteiger partial charge < -0.3 is 4.72 Å². The molecule has 0 spiro atoms. The number of hydrogen-bond acceptors (Lipinski definition) is 4. The molecule has 1 unspecified atom stereocenters. The van der Waals surface area contributed by atoms with Crippen LogP contribution in [-0.2, 0) is 24.0 Å². The Labute approximate surface area is 231 Å². The van der Waals surface area contributed by atoms with Crippen LogP contribution in [0.2, 0.25) is 15.1 Å². The molecule has 4 nitrogen and oxygen atoms in total. The largest absolute Gasteiger partial charge is 0.301 e. The van der Waals surface area contributed by atoms with Gasteiger partial charge in [0.15, 0.2) is 11.0 Å². The van der Waals surface area contributed by atoms with E-state index in [2.05, 4.69) is 14.3 Å². The Bertz CT molecular complexity index is 1270. The zero-order chi connectivity index (χ0) is 25.7. The molecule has 3 aromatic carbocycles. The zero-order valence-corrected chi connectivity index (χ0v) is 23.0. The lowest BCUT2D eigenvalue weighted by molar-refractivity contribution is 0.249. The quantitative estimate of drug-likeness (QED) is 0.146. The number of nitrogens with one attached hydrogen (secondary N) is 2. The molecule has 36 heavy (non-hydrogen) atoms. The van der Waals surface area contributed by atoms with Gasteiger partial charge in [-0.05, 0) is 85.3 Å². The predicted molar refractivity (Wildman–Crippen MR) is 146 cm³/mol. The minimum Gasteiger partial charge on any atom is -0.301 e. The summed E-state index contributed by atoms with van der Waals surface area (Å²) in [6.45, 7) is 3.58. The smallest absolute Gasteiger partial charge is 0.153 e. The van der Waals surface area contributed by atoms with Gasteiger partial charge in [0, 0.05) is 41.3 Å². The highest BCUT2D eigenvalue weighted by atomic mass is 35.5. The van der Waals surface area contributed by atoms with Crippen LogP contribution in [0.25, 0.3) is 0 Å². The van der Waals surface area contributed by atoms with Crippen molar-refractivity contribution >= 4 is 63.4 Å². The van der Waals surface area contributed by atoms with Gasteiger partial charge in [-0.25, -0.2) is 13.0 Å². The summed E-state index contributed by atoms with van der Waals surface area (Å²) in [7, 11) is -1.91. The lowest BCUT2D eigenvalue weighted by Crippen LogP contribution is -2.31.